The summed E-state index contributed by atoms with van der Waals surface area (Å²) in [6.45, 7) is 1.35. The van der Waals surface area contributed by atoms with E-state index in [1.807, 2.05) is 0 Å². The van der Waals surface area contributed by atoms with Gasteiger partial charge in [0.2, 0.25) is 0 Å². The van der Waals surface area contributed by atoms with Gasteiger partial charge in [-0.25, -0.2) is 13.8 Å². The Morgan fingerprint density at radius 2 is 2.20 bits per heavy atom. The van der Waals surface area contributed by atoms with E-state index in [-0.39, 0.29) is 22.6 Å². The van der Waals surface area contributed by atoms with Crippen LogP contribution in [0.3, 0.4) is 0 Å². The average Bonchev–Trinajstić information content (AvgIpc) is 2.15. The first kappa shape index (κ1) is 11.8. The topological polar surface area (TPSA) is 39.2 Å². The number of methoxy groups -OCH3 is 1. The highest BCUT2D eigenvalue weighted by Gasteiger charge is 2.22. The molecule has 0 fully saturated rings. The van der Waals surface area contributed by atoms with Crippen molar-refractivity contribution in [3.05, 3.63) is 23.0 Å². The van der Waals surface area contributed by atoms with Crippen LogP contribution < -0.4 is 4.74 Å². The standard InChI is InChI=1S/C9H8ClF2NO2/c1-4-6(9(11)12)5(15-2)3-13-7(4)8(10)14/h3,9H,1-2H3. The van der Waals surface area contributed by atoms with Gasteiger partial charge in [0.15, 0.2) is 0 Å². The van der Waals surface area contributed by atoms with Crippen molar-refractivity contribution in [1.29, 1.82) is 0 Å². The van der Waals surface area contributed by atoms with Crippen molar-refractivity contribution >= 4 is 16.8 Å². The van der Waals surface area contributed by atoms with E-state index in [0.29, 0.717) is 0 Å². The number of carbonyl (C=O) groups excluding carboxylic acids is 1. The Bertz CT molecular complexity index is 396. The van der Waals surface area contributed by atoms with Gasteiger partial charge in [-0.2, -0.15) is 0 Å². The molecule has 1 aromatic rings. The van der Waals surface area contributed by atoms with Crippen LogP contribution in [0.1, 0.15) is 28.0 Å². The SMILES string of the molecule is COc1cnc(C(=O)Cl)c(C)c1C(F)F. The molecule has 0 unspecified atom stereocenters. The molecule has 1 rings (SSSR count). The Morgan fingerprint density at radius 3 is 2.60 bits per heavy atom. The van der Waals surface area contributed by atoms with E-state index >= 15 is 0 Å². The summed E-state index contributed by atoms with van der Waals surface area (Å²) >= 11 is 5.19. The van der Waals surface area contributed by atoms with Gasteiger partial charge >= 0.3 is 0 Å². The third-order valence-corrected chi connectivity index (χ3v) is 2.14. The van der Waals surface area contributed by atoms with E-state index in [2.05, 4.69) is 4.98 Å². The Hall–Kier alpha value is -1.23. The summed E-state index contributed by atoms with van der Waals surface area (Å²) in [7, 11) is 1.25. The van der Waals surface area contributed by atoms with Crippen molar-refractivity contribution in [2.75, 3.05) is 7.11 Å². The van der Waals surface area contributed by atoms with Crippen molar-refractivity contribution in [3.63, 3.8) is 0 Å². The molecule has 0 N–H and O–H groups in total. The van der Waals surface area contributed by atoms with Crippen molar-refractivity contribution in [2.45, 2.75) is 13.3 Å². The number of pyridine rings is 1. The van der Waals surface area contributed by atoms with Gasteiger partial charge in [0.1, 0.15) is 11.4 Å². The fourth-order valence-corrected chi connectivity index (χ4v) is 1.42. The van der Waals surface area contributed by atoms with E-state index < -0.39 is 11.7 Å². The normalized spacial score (nSPS) is 10.5. The lowest BCUT2D eigenvalue weighted by molar-refractivity contribution is 0.107. The number of nitrogens with zero attached hydrogens (tertiary/aromatic N) is 1. The molecule has 0 aliphatic heterocycles. The zero-order chi connectivity index (χ0) is 11.6. The fraction of sp³-hybridized carbons (Fsp3) is 0.333. The minimum atomic E-state index is -2.74. The number of ether oxygens (including phenoxy) is 1. The van der Waals surface area contributed by atoms with Crippen LogP contribution in [0.25, 0.3) is 0 Å². The lowest BCUT2D eigenvalue weighted by Gasteiger charge is -2.11. The summed E-state index contributed by atoms with van der Waals surface area (Å²) in [5.41, 5.74) is -0.478. The predicted octanol–water partition coefficient (Wildman–Crippen LogP) is 2.72. The quantitative estimate of drug-likeness (QED) is 0.756. The van der Waals surface area contributed by atoms with Crippen molar-refractivity contribution in [2.24, 2.45) is 0 Å². The van der Waals surface area contributed by atoms with Crippen molar-refractivity contribution in [3.8, 4) is 5.75 Å². The van der Waals surface area contributed by atoms with Gasteiger partial charge < -0.3 is 4.74 Å². The number of aromatic nitrogens is 1. The molecule has 0 saturated carbocycles. The Labute approximate surface area is 90.0 Å². The molecule has 0 aliphatic rings. The van der Waals surface area contributed by atoms with Gasteiger partial charge in [-0.15, -0.1) is 0 Å². The van der Waals surface area contributed by atoms with Crippen LogP contribution in [-0.4, -0.2) is 17.3 Å². The molecule has 0 radical (unpaired) electrons. The first-order chi connectivity index (χ1) is 6.99. The van der Waals surface area contributed by atoms with Crippen molar-refractivity contribution < 1.29 is 18.3 Å². The predicted molar refractivity (Wildman–Crippen MR) is 50.7 cm³/mol. The zero-order valence-electron chi connectivity index (χ0n) is 8.05. The molecule has 15 heavy (non-hydrogen) atoms. The highest BCUT2D eigenvalue weighted by Crippen LogP contribution is 2.32. The third-order valence-electron chi connectivity index (χ3n) is 1.96. The smallest absolute Gasteiger partial charge is 0.271 e. The summed E-state index contributed by atoms with van der Waals surface area (Å²) < 4.78 is 30.0. The molecule has 0 saturated heterocycles. The summed E-state index contributed by atoms with van der Waals surface area (Å²) in [6, 6.07) is 0. The van der Waals surface area contributed by atoms with Gasteiger partial charge in [-0.05, 0) is 24.1 Å². The Morgan fingerprint density at radius 1 is 1.60 bits per heavy atom. The minimum absolute atomic E-state index is 0.0457. The molecule has 1 heterocycles. The number of alkyl halides is 2. The molecule has 6 heteroatoms. The van der Waals surface area contributed by atoms with Gasteiger partial charge in [0.05, 0.1) is 18.9 Å². The third kappa shape index (κ3) is 2.23. The summed E-state index contributed by atoms with van der Waals surface area (Å²) in [6.07, 6.45) is -1.68. The molecule has 0 amide bonds. The monoisotopic (exact) mass is 235 g/mol. The number of halogens is 3. The molecule has 0 atom stereocenters. The molecular weight excluding hydrogens is 228 g/mol. The van der Waals surface area contributed by atoms with E-state index in [4.69, 9.17) is 16.3 Å². The summed E-state index contributed by atoms with van der Waals surface area (Å²) in [4.78, 5) is 14.5. The maximum atomic E-state index is 12.7. The molecule has 0 aromatic carbocycles. The molecule has 3 nitrogen and oxygen atoms in total. The van der Waals surface area contributed by atoms with Crippen LogP contribution in [-0.2, 0) is 0 Å². The van der Waals surface area contributed by atoms with Crippen LogP contribution in [0.5, 0.6) is 5.75 Å². The molecule has 1 aromatic heterocycles. The molecule has 0 bridgehead atoms. The first-order valence-electron chi connectivity index (χ1n) is 4.00. The second kappa shape index (κ2) is 4.53. The summed E-state index contributed by atoms with van der Waals surface area (Å²) in [5, 5.41) is -0.864. The Kier molecular flexibility index (Phi) is 3.57. The lowest BCUT2D eigenvalue weighted by atomic mass is 10.1. The molecule has 82 valence electrons. The molecule has 0 spiro atoms. The van der Waals surface area contributed by atoms with Gasteiger partial charge in [0.25, 0.3) is 11.7 Å². The Balaban J connectivity index is 3.42. The van der Waals surface area contributed by atoms with Crippen LogP contribution in [0.4, 0.5) is 8.78 Å². The second-order valence-electron chi connectivity index (χ2n) is 2.79. The maximum Gasteiger partial charge on any atom is 0.271 e. The summed E-state index contributed by atoms with van der Waals surface area (Å²) in [5.74, 6) is -0.0517. The zero-order valence-corrected chi connectivity index (χ0v) is 8.81. The van der Waals surface area contributed by atoms with Gasteiger partial charge in [0, 0.05) is 0 Å². The van der Waals surface area contributed by atoms with E-state index in [1.165, 1.54) is 14.0 Å². The molecular formula is C9H8ClF2NO2. The number of hydrogen-bond acceptors (Lipinski definition) is 3. The van der Waals surface area contributed by atoms with E-state index in [0.717, 1.165) is 6.20 Å². The number of hydrogen-bond donors (Lipinski definition) is 0. The highest BCUT2D eigenvalue weighted by atomic mass is 35.5. The van der Waals surface area contributed by atoms with E-state index in [1.54, 1.807) is 0 Å². The highest BCUT2D eigenvalue weighted by molar-refractivity contribution is 6.67. The van der Waals surface area contributed by atoms with Gasteiger partial charge in [-0.3, -0.25) is 4.79 Å². The average molecular weight is 236 g/mol. The largest absolute Gasteiger partial charge is 0.495 e. The van der Waals surface area contributed by atoms with Crippen LogP contribution in [0.15, 0.2) is 6.20 Å². The second-order valence-corrected chi connectivity index (χ2v) is 3.13. The lowest BCUT2D eigenvalue weighted by Crippen LogP contribution is -2.05. The van der Waals surface area contributed by atoms with E-state index in [9.17, 15) is 13.6 Å². The van der Waals surface area contributed by atoms with Crippen LogP contribution >= 0.6 is 11.6 Å². The van der Waals surface area contributed by atoms with Gasteiger partial charge in [-0.1, -0.05) is 0 Å². The van der Waals surface area contributed by atoms with Crippen molar-refractivity contribution in [1.82, 2.24) is 4.98 Å². The van der Waals surface area contributed by atoms with Crippen LogP contribution in [0, 0.1) is 6.92 Å². The van der Waals surface area contributed by atoms with Crippen LogP contribution in [0.2, 0.25) is 0 Å². The fourth-order valence-electron chi connectivity index (χ4n) is 1.23. The maximum absolute atomic E-state index is 12.7. The minimum Gasteiger partial charge on any atom is -0.495 e. The first-order valence-corrected chi connectivity index (χ1v) is 4.38. The molecule has 0 aliphatic carbocycles. The number of carbonyl (C=O) groups is 1. The number of rotatable bonds is 3.